The molecule has 2 aliphatic rings. The number of halogens is 1. The van der Waals surface area contributed by atoms with E-state index in [1.807, 2.05) is 32.0 Å². The molecule has 3 rings (SSSR count). The molecule has 0 fully saturated rings. The number of benzene rings is 1. The smallest absolute Gasteiger partial charge is 0.336 e. The van der Waals surface area contributed by atoms with Crippen LogP contribution in [0.1, 0.15) is 58.4 Å². The van der Waals surface area contributed by atoms with Crippen molar-refractivity contribution in [2.75, 3.05) is 13.7 Å². The molecule has 0 saturated carbocycles. The molecule has 1 heterocycles. The molecule has 0 bridgehead atoms. The Morgan fingerprint density at radius 1 is 1.31 bits per heavy atom. The van der Waals surface area contributed by atoms with Crippen molar-refractivity contribution in [2.24, 2.45) is 5.41 Å². The molecule has 5 nitrogen and oxygen atoms in total. The molecule has 156 valence electrons. The summed E-state index contributed by atoms with van der Waals surface area (Å²) >= 11 is 3.54. The van der Waals surface area contributed by atoms with Crippen molar-refractivity contribution < 1.29 is 19.1 Å². The number of methoxy groups -OCH3 is 1. The molecule has 1 N–H and O–H groups in total. The van der Waals surface area contributed by atoms with Crippen molar-refractivity contribution in [1.29, 1.82) is 0 Å². The van der Waals surface area contributed by atoms with Crippen LogP contribution in [0.2, 0.25) is 0 Å². The Bertz CT molecular complexity index is 913. The molecule has 6 heteroatoms. The maximum atomic E-state index is 13.2. The minimum absolute atomic E-state index is 0.0778. The Morgan fingerprint density at radius 3 is 2.66 bits per heavy atom. The molecule has 29 heavy (non-hydrogen) atoms. The van der Waals surface area contributed by atoms with Crippen LogP contribution in [-0.2, 0) is 14.3 Å². The maximum Gasteiger partial charge on any atom is 0.336 e. The summed E-state index contributed by atoms with van der Waals surface area (Å²) in [5, 5.41) is 3.35. The number of carbonyl (C=O) groups is 2. The third-order valence-electron chi connectivity index (χ3n) is 5.41. The van der Waals surface area contributed by atoms with Gasteiger partial charge in [0.25, 0.3) is 0 Å². The van der Waals surface area contributed by atoms with Crippen LogP contribution in [0.4, 0.5) is 0 Å². The second kappa shape index (κ2) is 8.34. The van der Waals surface area contributed by atoms with Gasteiger partial charge in [-0.25, -0.2) is 4.79 Å². The highest BCUT2D eigenvalue weighted by Crippen LogP contribution is 2.47. The zero-order valence-electron chi connectivity index (χ0n) is 17.6. The van der Waals surface area contributed by atoms with E-state index in [9.17, 15) is 9.59 Å². The molecule has 0 radical (unpaired) electrons. The summed E-state index contributed by atoms with van der Waals surface area (Å²) in [6, 6.07) is 5.69. The average molecular weight is 462 g/mol. The summed E-state index contributed by atoms with van der Waals surface area (Å²) in [4.78, 5) is 26.2. The molecule has 0 saturated heterocycles. The number of ether oxygens (including phenoxy) is 2. The summed E-state index contributed by atoms with van der Waals surface area (Å²) in [6.07, 6.45) is 1.96. The fraction of sp³-hybridized carbons (Fsp3) is 0.478. The second-order valence-electron chi connectivity index (χ2n) is 8.46. The van der Waals surface area contributed by atoms with Gasteiger partial charge in [-0.05, 0) is 58.8 Å². The van der Waals surface area contributed by atoms with Gasteiger partial charge in [0.2, 0.25) is 0 Å². The van der Waals surface area contributed by atoms with Crippen LogP contribution < -0.4 is 10.1 Å². The first-order valence-electron chi connectivity index (χ1n) is 9.93. The molecule has 1 aliphatic heterocycles. The van der Waals surface area contributed by atoms with Crippen molar-refractivity contribution >= 4 is 27.7 Å². The molecule has 1 aliphatic carbocycles. The molecule has 0 spiro atoms. The summed E-state index contributed by atoms with van der Waals surface area (Å²) in [7, 11) is 1.61. The summed E-state index contributed by atoms with van der Waals surface area (Å²) < 4.78 is 11.6. The lowest BCUT2D eigenvalue weighted by molar-refractivity contribution is -0.139. The predicted octanol–water partition coefficient (Wildman–Crippen LogP) is 5.01. The molecule has 0 aromatic heterocycles. The second-order valence-corrected chi connectivity index (χ2v) is 9.31. The number of rotatable bonds is 5. The number of ketones is 1. The van der Waals surface area contributed by atoms with Gasteiger partial charge >= 0.3 is 5.97 Å². The number of hydrogen-bond donors (Lipinski definition) is 1. The van der Waals surface area contributed by atoms with Crippen molar-refractivity contribution in [3.05, 3.63) is 50.8 Å². The van der Waals surface area contributed by atoms with Gasteiger partial charge in [0.1, 0.15) is 5.75 Å². The number of allylic oxidation sites excluding steroid dienone is 3. The minimum Gasteiger partial charge on any atom is -0.496 e. The van der Waals surface area contributed by atoms with Crippen molar-refractivity contribution in [3.8, 4) is 5.75 Å². The van der Waals surface area contributed by atoms with Crippen LogP contribution in [0.15, 0.2) is 45.2 Å². The lowest BCUT2D eigenvalue weighted by Crippen LogP contribution is -2.38. The van der Waals surface area contributed by atoms with Gasteiger partial charge in [0.15, 0.2) is 5.78 Å². The number of dihydropyridines is 1. The van der Waals surface area contributed by atoms with Crippen LogP contribution in [0.3, 0.4) is 0 Å². The number of nitrogens with one attached hydrogen (secondary N) is 1. The van der Waals surface area contributed by atoms with Gasteiger partial charge in [-0.1, -0.05) is 26.8 Å². The fourth-order valence-electron chi connectivity index (χ4n) is 4.17. The number of carbonyl (C=O) groups excluding carboxylic acids is 2. The van der Waals surface area contributed by atoms with Crippen LogP contribution in [0.25, 0.3) is 0 Å². The van der Waals surface area contributed by atoms with E-state index in [1.54, 1.807) is 7.11 Å². The van der Waals surface area contributed by atoms with Gasteiger partial charge in [-0.3, -0.25) is 4.79 Å². The topological polar surface area (TPSA) is 64.6 Å². The SMILES string of the molecule is CCCOC(=O)C1=C(C)NC2=C(C(=O)CC(C)(C)C2)[C@H]1c1ccc(OC)c(Br)c1. The minimum atomic E-state index is -0.457. The molecule has 0 amide bonds. The van der Waals surface area contributed by atoms with Gasteiger partial charge in [-0.15, -0.1) is 0 Å². The van der Waals surface area contributed by atoms with Crippen molar-refractivity contribution in [1.82, 2.24) is 5.32 Å². The summed E-state index contributed by atoms with van der Waals surface area (Å²) in [5.74, 6) is -0.0582. The molecule has 1 aromatic carbocycles. The third kappa shape index (κ3) is 4.27. The largest absolute Gasteiger partial charge is 0.496 e. The predicted molar refractivity (Wildman–Crippen MR) is 116 cm³/mol. The highest BCUT2D eigenvalue weighted by atomic mass is 79.9. The Labute approximate surface area is 180 Å². The Kier molecular flexibility index (Phi) is 6.22. The zero-order chi connectivity index (χ0) is 21.3. The molecular weight excluding hydrogens is 434 g/mol. The molecule has 1 aromatic rings. The first-order chi connectivity index (χ1) is 13.7. The molecule has 0 unspecified atom stereocenters. The number of hydrogen-bond acceptors (Lipinski definition) is 5. The highest BCUT2D eigenvalue weighted by molar-refractivity contribution is 9.10. The molecular formula is C23H28BrNO4. The van der Waals surface area contributed by atoms with E-state index >= 15 is 0 Å². The quantitative estimate of drug-likeness (QED) is 0.623. The zero-order valence-corrected chi connectivity index (χ0v) is 19.2. The van der Waals surface area contributed by atoms with E-state index in [4.69, 9.17) is 9.47 Å². The fourth-order valence-corrected chi connectivity index (χ4v) is 4.73. The van der Waals surface area contributed by atoms with E-state index in [1.165, 1.54) is 0 Å². The summed E-state index contributed by atoms with van der Waals surface area (Å²) in [5.41, 5.74) is 3.58. The normalized spacial score (nSPS) is 20.9. The van der Waals surface area contributed by atoms with Crippen molar-refractivity contribution in [2.45, 2.75) is 52.9 Å². The van der Waals surface area contributed by atoms with Crippen LogP contribution >= 0.6 is 15.9 Å². The van der Waals surface area contributed by atoms with Gasteiger partial charge in [0, 0.05) is 29.3 Å². The van der Waals surface area contributed by atoms with Gasteiger partial charge in [-0.2, -0.15) is 0 Å². The van der Waals surface area contributed by atoms with Gasteiger partial charge < -0.3 is 14.8 Å². The van der Waals surface area contributed by atoms with E-state index < -0.39 is 5.92 Å². The standard InChI is InChI=1S/C23H28BrNO4/c1-6-9-29-22(27)19-13(2)25-16-11-23(3,4)12-17(26)21(16)20(19)14-7-8-18(28-5)15(24)10-14/h7-8,10,20,25H,6,9,11-12H2,1-5H3/t20-/m0/s1. The number of esters is 1. The average Bonchev–Trinajstić information content (AvgIpc) is 2.63. The van der Waals surface area contributed by atoms with E-state index in [-0.39, 0.29) is 17.2 Å². The van der Waals surface area contributed by atoms with Crippen LogP contribution in [-0.4, -0.2) is 25.5 Å². The lowest BCUT2D eigenvalue weighted by Gasteiger charge is -2.39. The monoisotopic (exact) mass is 461 g/mol. The van der Waals surface area contributed by atoms with E-state index in [2.05, 4.69) is 35.1 Å². The maximum absolute atomic E-state index is 13.2. The van der Waals surface area contributed by atoms with Crippen LogP contribution in [0.5, 0.6) is 5.75 Å². The Balaban J connectivity index is 2.16. The summed E-state index contributed by atoms with van der Waals surface area (Å²) in [6.45, 7) is 8.38. The Morgan fingerprint density at radius 2 is 2.03 bits per heavy atom. The van der Waals surface area contributed by atoms with Gasteiger partial charge in [0.05, 0.1) is 23.8 Å². The third-order valence-corrected chi connectivity index (χ3v) is 6.03. The lowest BCUT2D eigenvalue weighted by atomic mass is 9.68. The van der Waals surface area contributed by atoms with Crippen molar-refractivity contribution in [3.63, 3.8) is 0 Å². The highest BCUT2D eigenvalue weighted by Gasteiger charge is 2.43. The van der Waals surface area contributed by atoms with Crippen LogP contribution in [0, 0.1) is 5.41 Å². The van der Waals surface area contributed by atoms with E-state index in [0.717, 1.165) is 34.3 Å². The van der Waals surface area contributed by atoms with E-state index in [0.29, 0.717) is 29.9 Å². The Hall–Kier alpha value is -2.08. The number of Topliss-reactive ketones (excluding diaryl/α,β-unsaturated/α-hetero) is 1. The first kappa shape index (κ1) is 21.6. The molecule has 1 atom stereocenters. The first-order valence-corrected chi connectivity index (χ1v) is 10.7.